The van der Waals surface area contributed by atoms with Crippen molar-refractivity contribution in [2.75, 3.05) is 0 Å². The van der Waals surface area contributed by atoms with Crippen LogP contribution in [0.5, 0.6) is 0 Å². The summed E-state index contributed by atoms with van der Waals surface area (Å²) in [6.07, 6.45) is 5.85. The molecule has 4 unspecified atom stereocenters. The van der Waals surface area contributed by atoms with E-state index < -0.39 is 12.1 Å². The third kappa shape index (κ3) is 3.48. The molecular weight excluding hydrogens is 404 g/mol. The van der Waals surface area contributed by atoms with Gasteiger partial charge in [-0.1, -0.05) is 41.0 Å². The molecule has 0 bridgehead atoms. The number of aliphatic hydroxyl groups is 3. The van der Waals surface area contributed by atoms with Gasteiger partial charge in [0, 0.05) is 0 Å². The van der Waals surface area contributed by atoms with Crippen LogP contribution in [-0.4, -0.2) is 44.7 Å². The topological polar surface area (TPSA) is 98.0 Å². The minimum atomic E-state index is -0.743. The first kappa shape index (κ1) is 24.5. The zero-order valence-electron chi connectivity index (χ0n) is 20.7. The van der Waals surface area contributed by atoms with Crippen molar-refractivity contribution in [3.8, 4) is 0 Å². The maximum absolute atomic E-state index is 11.8. The molecule has 0 spiro atoms. The van der Waals surface area contributed by atoms with Crippen molar-refractivity contribution in [3.05, 3.63) is 0 Å². The predicted molar refractivity (Wildman–Crippen MR) is 124 cm³/mol. The fraction of sp³-hybridized carbons (Fsp3) is 0.963. The van der Waals surface area contributed by atoms with Gasteiger partial charge < -0.3 is 20.4 Å². The summed E-state index contributed by atoms with van der Waals surface area (Å²) >= 11 is 0. The van der Waals surface area contributed by atoms with Gasteiger partial charge in [-0.05, 0) is 97.2 Å². The maximum Gasteiger partial charge on any atom is 0.306 e. The molecule has 0 saturated heterocycles. The van der Waals surface area contributed by atoms with Crippen LogP contribution in [0.2, 0.25) is 0 Å². The Hall–Kier alpha value is -0.650. The van der Waals surface area contributed by atoms with Crippen molar-refractivity contribution in [1.82, 2.24) is 0 Å². The van der Waals surface area contributed by atoms with Crippen LogP contribution in [-0.2, 0) is 4.79 Å². The third-order valence-corrected chi connectivity index (χ3v) is 11.4. The average molecular weight is 451 g/mol. The van der Waals surface area contributed by atoms with E-state index in [1.165, 1.54) is 0 Å². The highest BCUT2D eigenvalue weighted by Gasteiger charge is 2.67. The Morgan fingerprint density at radius 1 is 1.00 bits per heavy atom. The second-order valence-corrected chi connectivity index (χ2v) is 12.6. The number of aliphatic hydroxyl groups excluding tert-OH is 3. The summed E-state index contributed by atoms with van der Waals surface area (Å²) in [6, 6.07) is 0. The van der Waals surface area contributed by atoms with Gasteiger partial charge in [0.15, 0.2) is 0 Å². The highest BCUT2D eigenvalue weighted by Crippen LogP contribution is 2.69. The molecule has 0 heterocycles. The number of rotatable bonds is 5. The molecule has 4 fully saturated rings. The van der Waals surface area contributed by atoms with E-state index in [1.54, 1.807) is 6.92 Å². The van der Waals surface area contributed by atoms with Crippen LogP contribution in [0.25, 0.3) is 0 Å². The van der Waals surface area contributed by atoms with E-state index in [4.69, 9.17) is 0 Å². The molecule has 4 N–H and O–H groups in total. The van der Waals surface area contributed by atoms with E-state index >= 15 is 0 Å². The summed E-state index contributed by atoms with van der Waals surface area (Å²) in [5.74, 6) is 0.687. The zero-order chi connectivity index (χ0) is 23.6. The summed E-state index contributed by atoms with van der Waals surface area (Å²) in [6.45, 7) is 10.8. The minimum absolute atomic E-state index is 0.0631. The van der Waals surface area contributed by atoms with Gasteiger partial charge in [0.25, 0.3) is 0 Å². The lowest BCUT2D eigenvalue weighted by atomic mass is 9.41. The molecule has 0 aromatic rings. The van der Waals surface area contributed by atoms with Gasteiger partial charge >= 0.3 is 5.97 Å². The van der Waals surface area contributed by atoms with Crippen LogP contribution in [0.3, 0.4) is 0 Å². The standard InChI is InChI=1S/C27H46O5/c1-6-17-20-12-16(28)9-10-26(20,4)21-13-22(29)27(5)18(14(2)11-15(3)25(31)32)7-8-19(27)23(21)24(17)30/h14-24,28-30H,6-13H2,1-5H3,(H,31,32)/t14-,15-,16-,17-,18-,19?,20+,21?,22+,23?,24?,26+,27-/m1/s1. The first-order valence-corrected chi connectivity index (χ1v) is 13.2. The maximum atomic E-state index is 11.8. The van der Waals surface area contributed by atoms with Crippen molar-refractivity contribution in [3.63, 3.8) is 0 Å². The Morgan fingerprint density at radius 2 is 1.69 bits per heavy atom. The Bertz CT molecular complexity index is 710. The smallest absolute Gasteiger partial charge is 0.306 e. The monoisotopic (exact) mass is 450 g/mol. The number of hydrogen-bond acceptors (Lipinski definition) is 4. The quantitative estimate of drug-likeness (QED) is 0.500. The van der Waals surface area contributed by atoms with Crippen LogP contribution < -0.4 is 0 Å². The molecule has 5 heteroatoms. The lowest BCUT2D eigenvalue weighted by molar-refractivity contribution is -0.228. The van der Waals surface area contributed by atoms with Gasteiger partial charge in [-0.2, -0.15) is 0 Å². The highest BCUT2D eigenvalue weighted by atomic mass is 16.4. The lowest BCUT2D eigenvalue weighted by Crippen LogP contribution is -2.65. The fourth-order valence-electron chi connectivity index (χ4n) is 9.71. The molecule has 13 atom stereocenters. The first-order chi connectivity index (χ1) is 15.0. The second kappa shape index (κ2) is 8.53. The number of fused-ring (bicyclic) bond motifs is 5. The molecule has 4 saturated carbocycles. The molecule has 0 amide bonds. The van der Waals surface area contributed by atoms with Crippen molar-refractivity contribution >= 4 is 5.97 Å². The van der Waals surface area contributed by atoms with E-state index in [-0.39, 0.29) is 64.5 Å². The van der Waals surface area contributed by atoms with Gasteiger partial charge in [0.2, 0.25) is 0 Å². The van der Waals surface area contributed by atoms with Gasteiger partial charge in [-0.25, -0.2) is 0 Å². The Kier molecular flexibility index (Phi) is 6.53. The molecule has 4 rings (SSSR count). The van der Waals surface area contributed by atoms with Gasteiger partial charge in [-0.3, -0.25) is 4.79 Å². The van der Waals surface area contributed by atoms with Crippen LogP contribution >= 0.6 is 0 Å². The largest absolute Gasteiger partial charge is 0.481 e. The second-order valence-electron chi connectivity index (χ2n) is 12.6. The van der Waals surface area contributed by atoms with E-state index in [0.29, 0.717) is 12.3 Å². The van der Waals surface area contributed by atoms with Gasteiger partial charge in [-0.15, -0.1) is 0 Å². The first-order valence-electron chi connectivity index (χ1n) is 13.2. The van der Waals surface area contributed by atoms with Gasteiger partial charge in [0.05, 0.1) is 24.2 Å². The molecule has 5 nitrogen and oxygen atoms in total. The predicted octanol–water partition coefficient (Wildman–Crippen LogP) is 4.33. The fourth-order valence-corrected chi connectivity index (χ4v) is 9.71. The summed E-state index contributed by atoms with van der Waals surface area (Å²) in [5, 5.41) is 43.3. The van der Waals surface area contributed by atoms with Crippen LogP contribution in [0, 0.1) is 58.2 Å². The van der Waals surface area contributed by atoms with Gasteiger partial charge in [0.1, 0.15) is 0 Å². The van der Waals surface area contributed by atoms with E-state index in [9.17, 15) is 25.2 Å². The number of carbonyl (C=O) groups is 1. The molecule has 0 aromatic carbocycles. The normalized spacial score (nSPS) is 52.4. The summed E-state index contributed by atoms with van der Waals surface area (Å²) < 4.78 is 0. The Morgan fingerprint density at radius 3 is 2.31 bits per heavy atom. The minimum Gasteiger partial charge on any atom is -0.481 e. The van der Waals surface area contributed by atoms with Crippen molar-refractivity contribution in [2.45, 2.75) is 104 Å². The SMILES string of the molecule is CC[C@H]1C(O)C2C3CC[C@H]([C@H](C)C[C@@H](C)C(=O)O)[C@@]3(C)[C@@H](O)CC2[C@@]2(C)CC[C@@H](O)C[C@@H]12. The molecule has 32 heavy (non-hydrogen) atoms. The van der Waals surface area contributed by atoms with Crippen molar-refractivity contribution in [1.29, 1.82) is 0 Å². The average Bonchev–Trinajstić information content (AvgIpc) is 3.09. The van der Waals surface area contributed by atoms with E-state index in [1.807, 2.05) is 0 Å². The lowest BCUT2D eigenvalue weighted by Gasteiger charge is -2.65. The summed E-state index contributed by atoms with van der Waals surface area (Å²) in [5.41, 5.74) is -0.205. The summed E-state index contributed by atoms with van der Waals surface area (Å²) in [7, 11) is 0. The van der Waals surface area contributed by atoms with Crippen LogP contribution in [0.1, 0.15) is 86.0 Å². The molecule has 0 aromatic heterocycles. The van der Waals surface area contributed by atoms with Crippen molar-refractivity contribution in [2.24, 2.45) is 58.2 Å². The molecule has 0 radical (unpaired) electrons. The zero-order valence-corrected chi connectivity index (χ0v) is 20.7. The molecule has 4 aliphatic carbocycles. The molecular formula is C27H46O5. The number of carboxylic acids is 1. The highest BCUT2D eigenvalue weighted by molar-refractivity contribution is 5.69. The van der Waals surface area contributed by atoms with Crippen LogP contribution in [0.15, 0.2) is 0 Å². The Balaban J connectivity index is 1.66. The van der Waals surface area contributed by atoms with Crippen molar-refractivity contribution < 1.29 is 25.2 Å². The van der Waals surface area contributed by atoms with E-state index in [2.05, 4.69) is 27.7 Å². The number of aliphatic carboxylic acids is 1. The molecule has 4 aliphatic rings. The van der Waals surface area contributed by atoms with E-state index in [0.717, 1.165) is 44.9 Å². The molecule has 184 valence electrons. The third-order valence-electron chi connectivity index (χ3n) is 11.4. The number of carboxylic acid groups (broad SMARTS) is 1. The van der Waals surface area contributed by atoms with Crippen LogP contribution in [0.4, 0.5) is 0 Å². The molecule has 0 aliphatic heterocycles. The summed E-state index contributed by atoms with van der Waals surface area (Å²) in [4.78, 5) is 11.5. The number of hydrogen-bond donors (Lipinski definition) is 4. The Labute approximate surface area is 194 Å².